The first-order valence-electron chi connectivity index (χ1n) is 10.3. The summed E-state index contributed by atoms with van der Waals surface area (Å²) >= 11 is 0. The van der Waals surface area contributed by atoms with Crippen molar-refractivity contribution in [3.8, 4) is 0 Å². The molecule has 0 saturated carbocycles. The number of ether oxygens (including phenoxy) is 1. The Morgan fingerprint density at radius 3 is 2.39 bits per heavy atom. The van der Waals surface area contributed by atoms with Gasteiger partial charge in [0, 0.05) is 10.9 Å². The molecule has 5 N–H and O–H groups in total. The van der Waals surface area contributed by atoms with Crippen LogP contribution in [0.4, 0.5) is 5.95 Å². The number of aliphatic hydroxyl groups is 1. The number of aliphatic hydroxyl groups excluding tert-OH is 1. The van der Waals surface area contributed by atoms with Crippen molar-refractivity contribution in [3.63, 3.8) is 0 Å². The largest absolute Gasteiger partial charge is 0.506 e. The van der Waals surface area contributed by atoms with Crippen molar-refractivity contribution in [3.05, 3.63) is 70.4 Å². The van der Waals surface area contributed by atoms with Crippen LogP contribution >= 0.6 is 0 Å². The number of carbonyl (C=O) groups is 1. The Bertz CT molecular complexity index is 1300. The van der Waals surface area contributed by atoms with Gasteiger partial charge in [-0.1, -0.05) is 30.3 Å². The van der Waals surface area contributed by atoms with Gasteiger partial charge in [0.05, 0.1) is 17.8 Å². The molecule has 170 valence electrons. The molecule has 1 heterocycles. The number of rotatable bonds is 5. The molecule has 0 spiro atoms. The minimum Gasteiger partial charge on any atom is -0.506 e. The number of nitrogens with zero attached hydrogens (tertiary/aromatic N) is 4. The van der Waals surface area contributed by atoms with Crippen LogP contribution in [0.1, 0.15) is 29.3 Å². The maximum Gasteiger partial charge on any atom is 0.345 e. The van der Waals surface area contributed by atoms with Crippen molar-refractivity contribution in [2.45, 2.75) is 27.7 Å². The van der Waals surface area contributed by atoms with Crippen LogP contribution in [0.3, 0.4) is 0 Å². The second kappa shape index (κ2) is 9.90. The molecule has 0 radical (unpaired) electrons. The molecular weight excluding hydrogens is 420 g/mol. The Labute approximate surface area is 191 Å². The first-order valence-corrected chi connectivity index (χ1v) is 10.3. The summed E-state index contributed by atoms with van der Waals surface area (Å²) in [5, 5.41) is 11.6. The van der Waals surface area contributed by atoms with E-state index in [1.165, 1.54) is 0 Å². The van der Waals surface area contributed by atoms with E-state index in [2.05, 4.69) is 20.0 Å². The molecule has 0 unspecified atom stereocenters. The number of amidine groups is 1. The highest BCUT2D eigenvalue weighted by molar-refractivity contribution is 6.24. The fraction of sp³-hybridized carbons (Fsp3) is 0.208. The van der Waals surface area contributed by atoms with Gasteiger partial charge in [0.25, 0.3) is 5.95 Å². The normalized spacial score (nSPS) is 13.1. The van der Waals surface area contributed by atoms with Gasteiger partial charge in [-0.2, -0.15) is 9.98 Å². The topological polar surface area (TPSA) is 149 Å². The van der Waals surface area contributed by atoms with Crippen LogP contribution in [0.25, 0.3) is 16.7 Å². The molecule has 0 saturated heterocycles. The summed E-state index contributed by atoms with van der Waals surface area (Å²) in [6.45, 7) is 7.60. The number of benzene rings is 2. The standard InChI is InChI=1S/C24H26N6O3/c1-5-33-22(32)19(20(31)16-9-7-6-8-10-16)21(25)29-23(26)30-24-27-15(4)17-11-13(2)14(3)12-18(17)28-24/h6-12,31H,5H2,1-4H3,(H4,25,26,27,28,29,30)/b20-19-. The molecule has 3 rings (SSSR count). The first-order chi connectivity index (χ1) is 15.7. The molecular formula is C24H26N6O3. The number of guanidine groups is 1. The van der Waals surface area contributed by atoms with Gasteiger partial charge in [-0.05, 0) is 51.0 Å². The van der Waals surface area contributed by atoms with E-state index in [9.17, 15) is 9.90 Å². The SMILES string of the molecule is CCOC(=O)C(/C(N)=N/C(N)=N/c1nc(C)c2cc(C)c(C)cc2n1)=C(\O)c1ccccc1. The number of fused-ring (bicyclic) bond motifs is 1. The zero-order valence-corrected chi connectivity index (χ0v) is 19.0. The number of esters is 1. The third-order valence-corrected chi connectivity index (χ3v) is 4.96. The molecule has 0 atom stereocenters. The number of hydrogen-bond donors (Lipinski definition) is 3. The van der Waals surface area contributed by atoms with Crippen molar-refractivity contribution in [1.82, 2.24) is 9.97 Å². The van der Waals surface area contributed by atoms with E-state index >= 15 is 0 Å². The smallest absolute Gasteiger partial charge is 0.345 e. The average molecular weight is 447 g/mol. The van der Waals surface area contributed by atoms with Gasteiger partial charge in [-0.15, -0.1) is 0 Å². The summed E-state index contributed by atoms with van der Waals surface area (Å²) < 4.78 is 5.03. The van der Waals surface area contributed by atoms with Gasteiger partial charge in [0.15, 0.2) is 0 Å². The molecule has 9 nitrogen and oxygen atoms in total. The van der Waals surface area contributed by atoms with E-state index in [4.69, 9.17) is 16.2 Å². The molecule has 3 aromatic rings. The predicted molar refractivity (Wildman–Crippen MR) is 129 cm³/mol. The Balaban J connectivity index is 2.04. The monoisotopic (exact) mass is 446 g/mol. The molecule has 33 heavy (non-hydrogen) atoms. The van der Waals surface area contributed by atoms with Crippen LogP contribution in [-0.4, -0.2) is 39.4 Å². The lowest BCUT2D eigenvalue weighted by Gasteiger charge is -2.10. The van der Waals surface area contributed by atoms with Crippen LogP contribution in [0.2, 0.25) is 0 Å². The quantitative estimate of drug-likeness (QED) is 0.179. The second-order valence-corrected chi connectivity index (χ2v) is 7.34. The van der Waals surface area contributed by atoms with Gasteiger partial charge in [-0.3, -0.25) is 0 Å². The van der Waals surface area contributed by atoms with Crippen molar-refractivity contribution >= 4 is 40.4 Å². The molecule has 0 fully saturated rings. The van der Waals surface area contributed by atoms with E-state index < -0.39 is 5.97 Å². The maximum atomic E-state index is 12.5. The predicted octanol–water partition coefficient (Wildman–Crippen LogP) is 3.39. The van der Waals surface area contributed by atoms with Gasteiger partial charge in [-0.25, -0.2) is 14.8 Å². The third kappa shape index (κ3) is 5.32. The number of hydrogen-bond acceptors (Lipinski definition) is 6. The van der Waals surface area contributed by atoms with Crippen molar-refractivity contribution < 1.29 is 14.6 Å². The Hall–Kier alpha value is -4.27. The highest BCUT2D eigenvalue weighted by Gasteiger charge is 2.22. The van der Waals surface area contributed by atoms with Crippen molar-refractivity contribution in [2.24, 2.45) is 21.5 Å². The molecule has 0 bridgehead atoms. The zero-order valence-electron chi connectivity index (χ0n) is 19.0. The second-order valence-electron chi connectivity index (χ2n) is 7.34. The first kappa shape index (κ1) is 23.4. The molecule has 1 aromatic heterocycles. The number of aromatic nitrogens is 2. The summed E-state index contributed by atoms with van der Waals surface area (Å²) in [5.41, 5.74) is 15.7. The number of nitrogens with two attached hydrogens (primary N) is 2. The van der Waals surface area contributed by atoms with Gasteiger partial charge < -0.3 is 21.3 Å². The summed E-state index contributed by atoms with van der Waals surface area (Å²) in [5.74, 6) is -1.74. The van der Waals surface area contributed by atoms with Gasteiger partial charge in [0.1, 0.15) is 17.2 Å². The van der Waals surface area contributed by atoms with Gasteiger partial charge in [0.2, 0.25) is 5.96 Å². The average Bonchev–Trinajstić information content (AvgIpc) is 2.76. The van der Waals surface area contributed by atoms with Crippen molar-refractivity contribution in [1.29, 1.82) is 0 Å². The molecule has 0 aliphatic rings. The van der Waals surface area contributed by atoms with Gasteiger partial charge >= 0.3 is 5.97 Å². The molecule has 9 heteroatoms. The van der Waals surface area contributed by atoms with Crippen LogP contribution in [-0.2, 0) is 9.53 Å². The van der Waals surface area contributed by atoms with E-state index in [1.54, 1.807) is 37.3 Å². The lowest BCUT2D eigenvalue weighted by molar-refractivity contribution is -0.137. The Morgan fingerprint density at radius 2 is 1.73 bits per heavy atom. The minimum absolute atomic E-state index is 0.0877. The summed E-state index contributed by atoms with van der Waals surface area (Å²) in [4.78, 5) is 29.4. The van der Waals surface area contributed by atoms with E-state index in [1.807, 2.05) is 32.9 Å². The fourth-order valence-corrected chi connectivity index (χ4v) is 3.15. The van der Waals surface area contributed by atoms with E-state index in [0.29, 0.717) is 5.56 Å². The Morgan fingerprint density at radius 1 is 1.06 bits per heavy atom. The number of carbonyl (C=O) groups excluding carboxylic acids is 1. The summed E-state index contributed by atoms with van der Waals surface area (Å²) in [6.07, 6.45) is 0. The van der Waals surface area contributed by atoms with Crippen LogP contribution in [0.15, 0.2) is 58.0 Å². The Kier molecular flexibility index (Phi) is 7.02. The summed E-state index contributed by atoms with van der Waals surface area (Å²) in [7, 11) is 0. The molecule has 0 aliphatic heterocycles. The zero-order chi connectivity index (χ0) is 24.1. The molecule has 2 aromatic carbocycles. The molecule has 0 amide bonds. The third-order valence-electron chi connectivity index (χ3n) is 4.96. The van der Waals surface area contributed by atoms with Crippen molar-refractivity contribution in [2.75, 3.05) is 6.61 Å². The number of aryl methyl sites for hydroxylation is 3. The maximum absolute atomic E-state index is 12.5. The number of aliphatic imine (C=N–C) groups is 2. The minimum atomic E-state index is -0.837. The van der Waals surface area contributed by atoms with Crippen LogP contribution in [0, 0.1) is 20.8 Å². The fourth-order valence-electron chi connectivity index (χ4n) is 3.15. The molecule has 0 aliphatic carbocycles. The van der Waals surface area contributed by atoms with Crippen LogP contribution in [0.5, 0.6) is 0 Å². The van der Waals surface area contributed by atoms with E-state index in [0.717, 1.165) is 27.7 Å². The summed E-state index contributed by atoms with van der Waals surface area (Å²) in [6, 6.07) is 12.4. The van der Waals surface area contributed by atoms with Crippen LogP contribution < -0.4 is 11.5 Å². The highest BCUT2D eigenvalue weighted by atomic mass is 16.5. The highest BCUT2D eigenvalue weighted by Crippen LogP contribution is 2.22. The van der Waals surface area contributed by atoms with E-state index in [-0.39, 0.29) is 35.7 Å². The lowest BCUT2D eigenvalue weighted by atomic mass is 10.1. The lowest BCUT2D eigenvalue weighted by Crippen LogP contribution is -2.27.